The van der Waals surface area contributed by atoms with Crippen molar-refractivity contribution in [2.75, 3.05) is 38.7 Å². The Labute approximate surface area is 172 Å². The number of nitrogens with one attached hydrogen (secondary N) is 2. The van der Waals surface area contributed by atoms with Crippen LogP contribution in [0.1, 0.15) is 35.9 Å². The zero-order chi connectivity index (χ0) is 20.5. The molecule has 3 rings (SSSR count). The Morgan fingerprint density at radius 2 is 2.07 bits per heavy atom. The first kappa shape index (κ1) is 20.9. The second-order valence-corrected chi connectivity index (χ2v) is 7.24. The Kier molecular flexibility index (Phi) is 7.69. The highest BCUT2D eigenvalue weighted by Gasteiger charge is 2.21. The molecule has 1 aliphatic rings. The van der Waals surface area contributed by atoms with Crippen molar-refractivity contribution in [1.29, 1.82) is 0 Å². The number of carbonyl (C=O) groups is 1. The second kappa shape index (κ2) is 10.7. The molecule has 2 N–H and O–H groups in total. The lowest BCUT2D eigenvalue weighted by Gasteiger charge is -2.22. The maximum absolute atomic E-state index is 12.0. The SMILES string of the molecule is CCNC(=NCc1ccc(NC(=O)c2ccco2)cc1)N(C)CCOCC1CC1. The van der Waals surface area contributed by atoms with Crippen LogP contribution in [0.25, 0.3) is 0 Å². The highest BCUT2D eigenvalue weighted by atomic mass is 16.5. The van der Waals surface area contributed by atoms with Gasteiger partial charge in [0.25, 0.3) is 5.91 Å². The number of rotatable bonds is 10. The zero-order valence-corrected chi connectivity index (χ0v) is 17.2. The van der Waals surface area contributed by atoms with Crippen molar-refractivity contribution in [3.8, 4) is 0 Å². The van der Waals surface area contributed by atoms with Crippen LogP contribution in [0, 0.1) is 5.92 Å². The van der Waals surface area contributed by atoms with Gasteiger partial charge in [0.1, 0.15) is 0 Å². The number of furan rings is 1. The fraction of sp³-hybridized carbons (Fsp3) is 0.455. The van der Waals surface area contributed by atoms with Crippen LogP contribution in [0.3, 0.4) is 0 Å². The quantitative estimate of drug-likeness (QED) is 0.364. The number of amides is 1. The number of carbonyl (C=O) groups excluding carboxylic acids is 1. The van der Waals surface area contributed by atoms with Crippen LogP contribution in [0.5, 0.6) is 0 Å². The first-order valence-electron chi connectivity index (χ1n) is 10.2. The third-order valence-corrected chi connectivity index (χ3v) is 4.69. The Morgan fingerprint density at radius 3 is 2.72 bits per heavy atom. The van der Waals surface area contributed by atoms with E-state index in [0.717, 1.165) is 42.8 Å². The van der Waals surface area contributed by atoms with Gasteiger partial charge in [-0.25, -0.2) is 4.99 Å². The molecule has 1 amide bonds. The summed E-state index contributed by atoms with van der Waals surface area (Å²) in [7, 11) is 2.02. The monoisotopic (exact) mass is 398 g/mol. The van der Waals surface area contributed by atoms with Crippen molar-refractivity contribution >= 4 is 17.6 Å². The first-order chi connectivity index (χ1) is 14.2. The Hall–Kier alpha value is -2.80. The summed E-state index contributed by atoms with van der Waals surface area (Å²) in [5, 5.41) is 6.13. The van der Waals surface area contributed by atoms with Gasteiger partial charge in [-0.15, -0.1) is 0 Å². The van der Waals surface area contributed by atoms with E-state index >= 15 is 0 Å². The molecule has 1 heterocycles. The summed E-state index contributed by atoms with van der Waals surface area (Å²) in [4.78, 5) is 18.8. The average molecular weight is 399 g/mol. The van der Waals surface area contributed by atoms with Gasteiger partial charge in [-0.3, -0.25) is 4.79 Å². The van der Waals surface area contributed by atoms with Gasteiger partial charge >= 0.3 is 0 Å². The number of likely N-dealkylation sites (N-methyl/N-ethyl adjacent to an activating group) is 1. The molecule has 0 unspecified atom stereocenters. The Bertz CT molecular complexity index is 783. The molecule has 29 heavy (non-hydrogen) atoms. The zero-order valence-electron chi connectivity index (χ0n) is 17.2. The molecule has 1 fully saturated rings. The number of guanidine groups is 1. The number of anilines is 1. The number of hydrogen-bond donors (Lipinski definition) is 2. The van der Waals surface area contributed by atoms with Crippen LogP contribution < -0.4 is 10.6 Å². The lowest BCUT2D eigenvalue weighted by Crippen LogP contribution is -2.40. The van der Waals surface area contributed by atoms with Crippen LogP contribution in [0.4, 0.5) is 5.69 Å². The van der Waals surface area contributed by atoms with Crippen LogP contribution in [0.15, 0.2) is 52.1 Å². The highest BCUT2D eigenvalue weighted by Crippen LogP contribution is 2.28. The molecule has 0 saturated heterocycles. The maximum atomic E-state index is 12.0. The summed E-state index contributed by atoms with van der Waals surface area (Å²) in [5.74, 6) is 1.67. The summed E-state index contributed by atoms with van der Waals surface area (Å²) in [6.45, 7) is 5.82. The fourth-order valence-electron chi connectivity index (χ4n) is 2.77. The molecular formula is C22H30N4O3. The largest absolute Gasteiger partial charge is 0.459 e. The van der Waals surface area contributed by atoms with E-state index < -0.39 is 0 Å². The van der Waals surface area contributed by atoms with Crippen LogP contribution in [-0.4, -0.2) is 50.1 Å². The minimum Gasteiger partial charge on any atom is -0.459 e. The molecule has 7 heteroatoms. The van der Waals surface area contributed by atoms with E-state index in [1.807, 2.05) is 31.3 Å². The lowest BCUT2D eigenvalue weighted by atomic mass is 10.2. The maximum Gasteiger partial charge on any atom is 0.291 e. The molecule has 2 aromatic rings. The van der Waals surface area contributed by atoms with E-state index in [9.17, 15) is 4.79 Å². The van der Waals surface area contributed by atoms with Gasteiger partial charge in [0.15, 0.2) is 11.7 Å². The fourth-order valence-corrected chi connectivity index (χ4v) is 2.77. The standard InChI is InChI=1S/C22H30N4O3/c1-3-23-22(26(2)12-14-28-16-18-6-7-18)24-15-17-8-10-19(11-9-17)25-21(27)20-5-4-13-29-20/h4-5,8-11,13,18H,3,6-7,12,14-16H2,1-2H3,(H,23,24)(H,25,27). The summed E-state index contributed by atoms with van der Waals surface area (Å²) < 4.78 is 10.8. The molecule has 1 aliphatic carbocycles. The molecule has 1 saturated carbocycles. The molecule has 0 aliphatic heterocycles. The van der Waals surface area contributed by atoms with Gasteiger partial charge in [-0.05, 0) is 55.5 Å². The normalized spacial score (nSPS) is 13.9. The van der Waals surface area contributed by atoms with Crippen molar-refractivity contribution < 1.29 is 13.9 Å². The minimum absolute atomic E-state index is 0.263. The molecule has 0 bridgehead atoms. The minimum atomic E-state index is -0.263. The van der Waals surface area contributed by atoms with Gasteiger partial charge in [0.2, 0.25) is 0 Å². The molecule has 0 spiro atoms. The van der Waals surface area contributed by atoms with Gasteiger partial charge in [0.05, 0.1) is 19.4 Å². The van der Waals surface area contributed by atoms with Crippen molar-refractivity contribution in [2.24, 2.45) is 10.9 Å². The molecule has 156 valence electrons. The van der Waals surface area contributed by atoms with Gasteiger partial charge < -0.3 is 24.7 Å². The third kappa shape index (κ3) is 6.94. The van der Waals surface area contributed by atoms with E-state index in [2.05, 4.69) is 22.5 Å². The van der Waals surface area contributed by atoms with Crippen LogP contribution in [-0.2, 0) is 11.3 Å². The second-order valence-electron chi connectivity index (χ2n) is 7.24. The van der Waals surface area contributed by atoms with Crippen LogP contribution >= 0.6 is 0 Å². The molecular weight excluding hydrogens is 368 g/mol. The van der Waals surface area contributed by atoms with Crippen molar-refractivity contribution in [2.45, 2.75) is 26.3 Å². The topological polar surface area (TPSA) is 79.1 Å². The number of hydrogen-bond acceptors (Lipinski definition) is 4. The number of aliphatic imine (C=N–C) groups is 1. The Morgan fingerprint density at radius 1 is 1.28 bits per heavy atom. The Balaban J connectivity index is 1.49. The van der Waals surface area contributed by atoms with E-state index in [1.165, 1.54) is 19.1 Å². The van der Waals surface area contributed by atoms with E-state index in [4.69, 9.17) is 14.1 Å². The highest BCUT2D eigenvalue weighted by molar-refractivity contribution is 6.02. The lowest BCUT2D eigenvalue weighted by molar-refractivity contribution is 0.0996. The van der Waals surface area contributed by atoms with E-state index in [-0.39, 0.29) is 11.7 Å². The third-order valence-electron chi connectivity index (χ3n) is 4.69. The van der Waals surface area contributed by atoms with E-state index in [0.29, 0.717) is 13.2 Å². The number of benzene rings is 1. The predicted octanol–water partition coefficient (Wildman–Crippen LogP) is 3.36. The van der Waals surface area contributed by atoms with Crippen molar-refractivity contribution in [3.05, 3.63) is 54.0 Å². The van der Waals surface area contributed by atoms with Gasteiger partial charge in [-0.1, -0.05) is 12.1 Å². The molecule has 1 aromatic carbocycles. The van der Waals surface area contributed by atoms with Crippen molar-refractivity contribution in [1.82, 2.24) is 10.2 Å². The van der Waals surface area contributed by atoms with Gasteiger partial charge in [-0.2, -0.15) is 0 Å². The predicted molar refractivity (Wildman–Crippen MR) is 114 cm³/mol. The first-order valence-corrected chi connectivity index (χ1v) is 10.2. The smallest absolute Gasteiger partial charge is 0.291 e. The van der Waals surface area contributed by atoms with Crippen molar-refractivity contribution in [3.63, 3.8) is 0 Å². The van der Waals surface area contributed by atoms with E-state index in [1.54, 1.807) is 12.1 Å². The summed E-state index contributed by atoms with van der Waals surface area (Å²) in [6.07, 6.45) is 4.10. The molecule has 0 radical (unpaired) electrons. The summed E-state index contributed by atoms with van der Waals surface area (Å²) >= 11 is 0. The van der Waals surface area contributed by atoms with Crippen LogP contribution in [0.2, 0.25) is 0 Å². The average Bonchev–Trinajstić information content (AvgIpc) is 3.38. The van der Waals surface area contributed by atoms with Gasteiger partial charge in [0, 0.05) is 32.4 Å². The molecule has 0 atom stereocenters. The molecule has 7 nitrogen and oxygen atoms in total. The molecule has 1 aromatic heterocycles. The number of ether oxygens (including phenoxy) is 1. The summed E-state index contributed by atoms with van der Waals surface area (Å²) in [6, 6.07) is 11.0. The number of nitrogens with zero attached hydrogens (tertiary/aromatic N) is 2. The summed E-state index contributed by atoms with van der Waals surface area (Å²) in [5.41, 5.74) is 1.78.